The summed E-state index contributed by atoms with van der Waals surface area (Å²) in [6.45, 7) is 0. The van der Waals surface area contributed by atoms with Gasteiger partial charge in [0.05, 0.1) is 0 Å². The molecule has 0 aliphatic rings. The Morgan fingerprint density at radius 1 is 1.36 bits per heavy atom. The fourth-order valence-corrected chi connectivity index (χ4v) is 0.941. The van der Waals surface area contributed by atoms with Crippen LogP contribution < -0.4 is 0 Å². The summed E-state index contributed by atoms with van der Waals surface area (Å²) >= 11 is 3.36. The standard InChI is InChI=1S/C7H7Br.CHNO/c8-6-7-4-2-1-3-5-7;2-1-3/h1-5H,6H2;3H. The lowest BCUT2D eigenvalue weighted by molar-refractivity contribution is 0.503. The second-order valence-electron chi connectivity index (χ2n) is 1.72. The van der Waals surface area contributed by atoms with E-state index in [-0.39, 0.29) is 0 Å². The van der Waals surface area contributed by atoms with Crippen molar-refractivity contribution in [2.24, 2.45) is 0 Å². The predicted octanol–water partition coefficient (Wildman–Crippen LogP) is 2.42. The molecule has 1 aromatic carbocycles. The van der Waals surface area contributed by atoms with Gasteiger partial charge in [-0.2, -0.15) is 5.26 Å². The summed E-state index contributed by atoms with van der Waals surface area (Å²) in [6, 6.07) is 10.3. The van der Waals surface area contributed by atoms with Gasteiger partial charge in [0.2, 0.25) is 0 Å². The van der Waals surface area contributed by atoms with Crippen LogP contribution >= 0.6 is 15.9 Å². The van der Waals surface area contributed by atoms with Crippen molar-refractivity contribution in [2.45, 2.75) is 5.33 Å². The Labute approximate surface area is 74.2 Å². The number of alkyl halides is 1. The van der Waals surface area contributed by atoms with Crippen LogP contribution in [0.5, 0.6) is 0 Å². The van der Waals surface area contributed by atoms with E-state index in [1.54, 1.807) is 0 Å². The van der Waals surface area contributed by atoms with Gasteiger partial charge in [-0.3, -0.25) is 0 Å². The van der Waals surface area contributed by atoms with Crippen molar-refractivity contribution in [2.75, 3.05) is 0 Å². The maximum atomic E-state index is 6.88. The smallest absolute Gasteiger partial charge is 0.283 e. The molecular formula is C8H8BrNO. The van der Waals surface area contributed by atoms with E-state index < -0.39 is 0 Å². The monoisotopic (exact) mass is 213 g/mol. The molecule has 0 aromatic heterocycles. The van der Waals surface area contributed by atoms with Gasteiger partial charge >= 0.3 is 0 Å². The quantitative estimate of drug-likeness (QED) is 0.576. The first-order chi connectivity index (χ1) is 5.35. The van der Waals surface area contributed by atoms with Crippen molar-refractivity contribution in [1.29, 1.82) is 5.26 Å². The van der Waals surface area contributed by atoms with Crippen LogP contribution in [0, 0.1) is 11.5 Å². The van der Waals surface area contributed by atoms with Gasteiger partial charge in [-0.1, -0.05) is 46.3 Å². The molecule has 0 radical (unpaired) electrons. The van der Waals surface area contributed by atoms with Gasteiger partial charge in [-0.15, -0.1) is 0 Å². The highest BCUT2D eigenvalue weighted by Crippen LogP contribution is 2.02. The molecule has 0 fully saturated rings. The molecule has 0 amide bonds. The van der Waals surface area contributed by atoms with Gasteiger partial charge < -0.3 is 5.11 Å². The highest BCUT2D eigenvalue weighted by Gasteiger charge is 1.81. The lowest BCUT2D eigenvalue weighted by atomic mass is 10.2. The number of aliphatic hydroxyl groups is 1. The zero-order valence-electron chi connectivity index (χ0n) is 5.87. The molecule has 0 spiro atoms. The first kappa shape index (κ1) is 9.99. The van der Waals surface area contributed by atoms with Crippen LogP contribution in [-0.2, 0) is 5.33 Å². The number of nitriles is 1. The minimum absolute atomic E-state index is 0.750. The van der Waals surface area contributed by atoms with Crippen molar-refractivity contribution >= 4 is 15.9 Å². The topological polar surface area (TPSA) is 44.0 Å². The van der Waals surface area contributed by atoms with Crippen molar-refractivity contribution in [3.63, 3.8) is 0 Å². The Bertz CT molecular complexity index is 217. The van der Waals surface area contributed by atoms with Gasteiger partial charge in [0, 0.05) is 5.33 Å². The van der Waals surface area contributed by atoms with Crippen molar-refractivity contribution in [1.82, 2.24) is 0 Å². The van der Waals surface area contributed by atoms with E-state index in [4.69, 9.17) is 10.4 Å². The fourth-order valence-electron chi connectivity index (χ4n) is 0.567. The normalized spacial score (nSPS) is 7.27. The summed E-state index contributed by atoms with van der Waals surface area (Å²) in [5.74, 6) is 0. The molecule has 3 heteroatoms. The zero-order chi connectivity index (χ0) is 8.53. The summed E-state index contributed by atoms with van der Waals surface area (Å²) in [4.78, 5) is 0. The molecule has 0 heterocycles. The van der Waals surface area contributed by atoms with E-state index in [0.717, 1.165) is 11.6 Å². The van der Waals surface area contributed by atoms with E-state index >= 15 is 0 Å². The fraction of sp³-hybridized carbons (Fsp3) is 0.125. The maximum absolute atomic E-state index is 6.88. The number of hydrogen-bond donors (Lipinski definition) is 1. The van der Waals surface area contributed by atoms with Gasteiger partial charge in [-0.05, 0) is 5.56 Å². The van der Waals surface area contributed by atoms with E-state index in [9.17, 15) is 0 Å². The van der Waals surface area contributed by atoms with Gasteiger partial charge in [0.1, 0.15) is 0 Å². The largest absolute Gasteiger partial charge is 0.443 e. The highest BCUT2D eigenvalue weighted by molar-refractivity contribution is 9.08. The summed E-state index contributed by atoms with van der Waals surface area (Å²) in [7, 11) is 0. The third-order valence-corrected chi connectivity index (χ3v) is 1.64. The SMILES string of the molecule is BrCc1ccccc1.N#CO. The average molecular weight is 214 g/mol. The van der Waals surface area contributed by atoms with E-state index in [0.29, 0.717) is 0 Å². The molecule has 2 nitrogen and oxygen atoms in total. The molecule has 0 unspecified atom stereocenters. The first-order valence-corrected chi connectivity index (χ1v) is 4.10. The summed E-state index contributed by atoms with van der Waals surface area (Å²) in [5.41, 5.74) is 1.33. The molecule has 1 rings (SSSR count). The average Bonchev–Trinajstić information content (AvgIpc) is 2.08. The lowest BCUT2D eigenvalue weighted by Crippen LogP contribution is -1.70. The summed E-state index contributed by atoms with van der Waals surface area (Å²) in [6.07, 6.45) is 0.750. The van der Waals surface area contributed by atoms with Crippen molar-refractivity contribution in [3.05, 3.63) is 35.9 Å². The van der Waals surface area contributed by atoms with Crippen LogP contribution in [0.4, 0.5) is 0 Å². The van der Waals surface area contributed by atoms with Crippen LogP contribution in [0.3, 0.4) is 0 Å². The molecule has 1 N–H and O–H groups in total. The number of halogens is 1. The Morgan fingerprint density at radius 3 is 2.09 bits per heavy atom. The number of rotatable bonds is 1. The first-order valence-electron chi connectivity index (χ1n) is 2.98. The molecule has 0 aliphatic carbocycles. The molecule has 0 atom stereocenters. The maximum Gasteiger partial charge on any atom is 0.283 e. The molecule has 0 saturated carbocycles. The van der Waals surface area contributed by atoms with Crippen LogP contribution in [0.25, 0.3) is 0 Å². The Hall–Kier alpha value is -1.01. The third-order valence-electron chi connectivity index (χ3n) is 0.997. The Morgan fingerprint density at radius 2 is 1.82 bits per heavy atom. The van der Waals surface area contributed by atoms with Crippen LogP contribution in [0.1, 0.15) is 5.56 Å². The summed E-state index contributed by atoms with van der Waals surface area (Å²) < 4.78 is 0. The zero-order valence-corrected chi connectivity index (χ0v) is 7.45. The number of benzene rings is 1. The molecule has 0 bridgehead atoms. The van der Waals surface area contributed by atoms with E-state index in [2.05, 4.69) is 28.1 Å². The molecule has 1 aromatic rings. The van der Waals surface area contributed by atoms with E-state index in [1.165, 1.54) is 5.56 Å². The van der Waals surface area contributed by atoms with Gasteiger partial charge in [-0.25, -0.2) is 0 Å². The van der Waals surface area contributed by atoms with Gasteiger partial charge in [0.25, 0.3) is 6.26 Å². The van der Waals surface area contributed by atoms with E-state index in [1.807, 2.05) is 18.2 Å². The van der Waals surface area contributed by atoms with Crippen molar-refractivity contribution < 1.29 is 5.11 Å². The number of hydrogen-bond acceptors (Lipinski definition) is 2. The molecule has 0 saturated heterocycles. The third kappa shape index (κ3) is 5.43. The summed E-state index contributed by atoms with van der Waals surface area (Å²) in [5, 5.41) is 14.7. The van der Waals surface area contributed by atoms with Gasteiger partial charge in [0.15, 0.2) is 0 Å². The second-order valence-corrected chi connectivity index (χ2v) is 2.28. The molecule has 58 valence electrons. The molecule has 0 aliphatic heterocycles. The second kappa shape index (κ2) is 7.10. The minimum atomic E-state index is 0.750. The highest BCUT2D eigenvalue weighted by atomic mass is 79.9. The van der Waals surface area contributed by atoms with Crippen LogP contribution in [0.15, 0.2) is 30.3 Å². The lowest BCUT2D eigenvalue weighted by Gasteiger charge is -1.88. The van der Waals surface area contributed by atoms with Crippen LogP contribution in [-0.4, -0.2) is 5.11 Å². The minimum Gasteiger partial charge on any atom is -0.443 e. The Balaban J connectivity index is 0.000000292. The molecule has 11 heavy (non-hydrogen) atoms. The van der Waals surface area contributed by atoms with Crippen LogP contribution in [0.2, 0.25) is 0 Å². The molecular weight excluding hydrogens is 206 g/mol. The predicted molar refractivity (Wildman–Crippen MR) is 46.6 cm³/mol. The Kier molecular flexibility index (Phi) is 6.45. The number of nitrogens with zero attached hydrogens (tertiary/aromatic N) is 1. The van der Waals surface area contributed by atoms with Crippen molar-refractivity contribution in [3.8, 4) is 6.26 Å². The number of aliphatic hydroxyl groups excluding tert-OH is 1.